The molecule has 0 atom stereocenters. The zero-order valence-electron chi connectivity index (χ0n) is 20.9. The Kier molecular flexibility index (Phi) is 6.99. The van der Waals surface area contributed by atoms with Crippen LogP contribution in [-0.2, 0) is 4.84 Å². The molecule has 1 aromatic carbocycles. The minimum atomic E-state index is 0.191. The highest BCUT2D eigenvalue weighted by molar-refractivity contribution is 5.98. The number of piperazine rings is 1. The summed E-state index contributed by atoms with van der Waals surface area (Å²) in [6.45, 7) is 7.24. The van der Waals surface area contributed by atoms with Gasteiger partial charge in [-0.25, -0.2) is 4.98 Å². The van der Waals surface area contributed by atoms with Crippen LogP contribution in [0.15, 0.2) is 52.2 Å². The van der Waals surface area contributed by atoms with Gasteiger partial charge < -0.3 is 30.6 Å². The number of oxime groups is 1. The molecule has 12 heteroatoms. The van der Waals surface area contributed by atoms with Crippen LogP contribution >= 0.6 is 0 Å². The molecule has 1 aliphatic heterocycles. The van der Waals surface area contributed by atoms with Crippen LogP contribution in [0.2, 0.25) is 0 Å². The second-order valence-corrected chi connectivity index (χ2v) is 8.69. The summed E-state index contributed by atoms with van der Waals surface area (Å²) in [5.74, 6) is 1.63. The van der Waals surface area contributed by atoms with E-state index in [-0.39, 0.29) is 5.95 Å². The van der Waals surface area contributed by atoms with Crippen molar-refractivity contribution in [3.63, 3.8) is 0 Å². The summed E-state index contributed by atoms with van der Waals surface area (Å²) in [5, 5.41) is 19.6. The monoisotopic (exact) mass is 502 g/mol. The molecule has 1 fully saturated rings. The number of nitrogens with one attached hydrogen (secondary N) is 2. The Morgan fingerprint density at radius 2 is 1.97 bits per heavy atom. The predicted octanol–water partition coefficient (Wildman–Crippen LogP) is 2.57. The van der Waals surface area contributed by atoms with E-state index in [2.05, 4.69) is 59.6 Å². The fourth-order valence-corrected chi connectivity index (χ4v) is 4.42. The van der Waals surface area contributed by atoms with E-state index in [1.807, 2.05) is 6.92 Å². The summed E-state index contributed by atoms with van der Waals surface area (Å²) in [6, 6.07) is 12.0. The topological polar surface area (TPSA) is 146 Å². The van der Waals surface area contributed by atoms with Crippen molar-refractivity contribution in [1.82, 2.24) is 24.5 Å². The van der Waals surface area contributed by atoms with Crippen molar-refractivity contribution in [3.8, 4) is 11.6 Å². The molecule has 0 unspecified atom stereocenters. The zero-order valence-corrected chi connectivity index (χ0v) is 20.9. The summed E-state index contributed by atoms with van der Waals surface area (Å²) in [7, 11) is 1.56. The van der Waals surface area contributed by atoms with Gasteiger partial charge >= 0.3 is 0 Å². The highest BCUT2D eigenvalue weighted by Crippen LogP contribution is 2.23. The Balaban J connectivity index is 1.18. The number of nitrogens with two attached hydrogens (primary N) is 1. The van der Waals surface area contributed by atoms with Crippen LogP contribution in [-0.4, -0.2) is 82.8 Å². The SMILES string of the molecule is CO/N=C(\C)c1ccc(N2CCN(CCNc3nc(N)n4nc(-c5ccco5)nc4c3C=N)CC2)cc1. The van der Waals surface area contributed by atoms with Gasteiger partial charge in [0.1, 0.15) is 12.9 Å². The standard InChI is InChI=1S/C25H30N10O2/c1-17(32-36-2)18-5-7-19(8-6-18)34-13-11-33(12-14-34)10-9-28-22-20(16-26)24-29-23(21-4-3-15-37-21)31-35(24)25(27)30-22/h3-8,15-16,26,28H,9-14H2,1-2H3,(H2,27,30)/b26-16?,32-17+. The van der Waals surface area contributed by atoms with Crippen LogP contribution in [0.1, 0.15) is 18.1 Å². The number of benzene rings is 1. The lowest BCUT2D eigenvalue weighted by molar-refractivity contribution is 0.213. The number of nitrogens with zero attached hydrogens (tertiary/aromatic N) is 7. The minimum absolute atomic E-state index is 0.191. The van der Waals surface area contributed by atoms with Gasteiger partial charge in [0, 0.05) is 51.2 Å². The molecule has 0 amide bonds. The Labute approximate surface area is 214 Å². The van der Waals surface area contributed by atoms with Crippen molar-refractivity contribution in [1.29, 1.82) is 5.41 Å². The number of rotatable bonds is 9. The summed E-state index contributed by atoms with van der Waals surface area (Å²) < 4.78 is 6.82. The van der Waals surface area contributed by atoms with Gasteiger partial charge in [-0.05, 0) is 36.8 Å². The van der Waals surface area contributed by atoms with Crippen LogP contribution in [0.5, 0.6) is 0 Å². The molecule has 0 aliphatic carbocycles. The summed E-state index contributed by atoms with van der Waals surface area (Å²) in [4.78, 5) is 18.6. The molecule has 1 aliphatic rings. The lowest BCUT2D eigenvalue weighted by atomic mass is 10.1. The molecule has 4 N–H and O–H groups in total. The first-order valence-electron chi connectivity index (χ1n) is 12.1. The van der Waals surface area contributed by atoms with Gasteiger partial charge in [0.05, 0.1) is 17.5 Å². The van der Waals surface area contributed by atoms with Crippen LogP contribution < -0.4 is 16.0 Å². The number of aromatic nitrogens is 4. The molecule has 4 aromatic rings. The Morgan fingerprint density at radius 3 is 2.65 bits per heavy atom. The molecule has 0 spiro atoms. The molecule has 4 heterocycles. The first kappa shape index (κ1) is 24.3. The third-order valence-corrected chi connectivity index (χ3v) is 6.40. The van der Waals surface area contributed by atoms with E-state index in [4.69, 9.17) is 20.4 Å². The zero-order chi connectivity index (χ0) is 25.8. The first-order valence-corrected chi connectivity index (χ1v) is 12.1. The maximum Gasteiger partial charge on any atom is 0.225 e. The molecule has 3 aromatic heterocycles. The maximum atomic E-state index is 7.93. The number of furan rings is 1. The fraction of sp³-hybridized carbons (Fsp3) is 0.320. The molecule has 0 radical (unpaired) electrons. The van der Waals surface area contributed by atoms with Crippen LogP contribution in [0.25, 0.3) is 17.2 Å². The van der Waals surface area contributed by atoms with Crippen LogP contribution in [0.3, 0.4) is 0 Å². The van der Waals surface area contributed by atoms with E-state index in [9.17, 15) is 0 Å². The smallest absolute Gasteiger partial charge is 0.225 e. The Morgan fingerprint density at radius 1 is 1.19 bits per heavy atom. The van der Waals surface area contributed by atoms with Gasteiger partial charge in [0.2, 0.25) is 11.8 Å². The van der Waals surface area contributed by atoms with Gasteiger partial charge in [0.25, 0.3) is 0 Å². The average Bonchev–Trinajstić information content (AvgIpc) is 3.61. The van der Waals surface area contributed by atoms with Crippen molar-refractivity contribution in [2.45, 2.75) is 6.92 Å². The van der Waals surface area contributed by atoms with Gasteiger partial charge in [-0.2, -0.15) is 9.50 Å². The number of hydrogen-bond acceptors (Lipinski definition) is 11. The fourth-order valence-electron chi connectivity index (χ4n) is 4.42. The summed E-state index contributed by atoms with van der Waals surface area (Å²) in [6.07, 6.45) is 2.78. The van der Waals surface area contributed by atoms with Crippen molar-refractivity contribution in [2.75, 3.05) is 62.3 Å². The second-order valence-electron chi connectivity index (χ2n) is 8.69. The lowest BCUT2D eigenvalue weighted by Crippen LogP contribution is -2.47. The molecule has 192 valence electrons. The number of nitrogen functional groups attached to an aromatic ring is 1. The van der Waals surface area contributed by atoms with Crippen LogP contribution in [0.4, 0.5) is 17.5 Å². The van der Waals surface area contributed by atoms with E-state index in [0.29, 0.717) is 35.2 Å². The summed E-state index contributed by atoms with van der Waals surface area (Å²) in [5.41, 5.74) is 10.2. The van der Waals surface area contributed by atoms with Crippen molar-refractivity contribution < 1.29 is 9.25 Å². The number of fused-ring (bicyclic) bond motifs is 1. The quantitative estimate of drug-likeness (QED) is 0.232. The molecule has 12 nitrogen and oxygen atoms in total. The predicted molar refractivity (Wildman–Crippen MR) is 144 cm³/mol. The van der Waals surface area contributed by atoms with Gasteiger partial charge in [-0.3, -0.25) is 4.90 Å². The van der Waals surface area contributed by atoms with Crippen molar-refractivity contribution in [3.05, 3.63) is 53.8 Å². The average molecular weight is 503 g/mol. The van der Waals surface area contributed by atoms with Gasteiger partial charge in [-0.15, -0.1) is 5.10 Å². The van der Waals surface area contributed by atoms with E-state index in [1.54, 1.807) is 25.5 Å². The molecule has 0 saturated carbocycles. The highest BCUT2D eigenvalue weighted by Gasteiger charge is 2.19. The van der Waals surface area contributed by atoms with Crippen molar-refractivity contribution in [2.24, 2.45) is 5.16 Å². The molecule has 1 saturated heterocycles. The number of anilines is 3. The highest BCUT2D eigenvalue weighted by atomic mass is 16.6. The van der Waals surface area contributed by atoms with Gasteiger partial charge in [0.15, 0.2) is 11.4 Å². The maximum absolute atomic E-state index is 7.93. The molecular formula is C25H30N10O2. The third kappa shape index (κ3) is 5.09. The van der Waals surface area contributed by atoms with Crippen LogP contribution in [0, 0.1) is 5.41 Å². The van der Waals surface area contributed by atoms with E-state index < -0.39 is 0 Å². The number of hydrogen-bond donors (Lipinski definition) is 3. The molecule has 0 bridgehead atoms. The van der Waals surface area contributed by atoms with E-state index >= 15 is 0 Å². The Hall–Kier alpha value is -4.45. The third-order valence-electron chi connectivity index (χ3n) is 6.40. The first-order chi connectivity index (χ1) is 18.1. The molecule has 37 heavy (non-hydrogen) atoms. The second kappa shape index (κ2) is 10.7. The van der Waals surface area contributed by atoms with E-state index in [0.717, 1.165) is 44.0 Å². The van der Waals surface area contributed by atoms with E-state index in [1.165, 1.54) is 16.4 Å². The molecular weight excluding hydrogens is 472 g/mol. The largest absolute Gasteiger partial charge is 0.461 e. The van der Waals surface area contributed by atoms with Crippen molar-refractivity contribution >= 4 is 35.0 Å². The normalized spacial score (nSPS) is 14.8. The molecule has 5 rings (SSSR count). The minimum Gasteiger partial charge on any atom is -0.461 e. The lowest BCUT2D eigenvalue weighted by Gasteiger charge is -2.36. The summed E-state index contributed by atoms with van der Waals surface area (Å²) >= 11 is 0. The Bertz CT molecular complexity index is 1390. The van der Waals surface area contributed by atoms with Gasteiger partial charge in [-0.1, -0.05) is 17.3 Å².